The van der Waals surface area contributed by atoms with E-state index in [0.717, 1.165) is 21.9 Å². The SMILES string of the molecule is Clc1cc2c(cn1)oc1ccccc12. The number of para-hydroxylation sites is 1. The Morgan fingerprint density at radius 2 is 1.93 bits per heavy atom. The highest BCUT2D eigenvalue weighted by atomic mass is 35.5. The lowest BCUT2D eigenvalue weighted by Crippen LogP contribution is -1.71. The van der Waals surface area contributed by atoms with E-state index in [1.165, 1.54) is 0 Å². The summed E-state index contributed by atoms with van der Waals surface area (Å²) >= 11 is 5.82. The van der Waals surface area contributed by atoms with Crippen LogP contribution >= 0.6 is 11.6 Å². The lowest BCUT2D eigenvalue weighted by Gasteiger charge is -1.88. The van der Waals surface area contributed by atoms with Gasteiger partial charge >= 0.3 is 0 Å². The highest BCUT2D eigenvalue weighted by Gasteiger charge is 2.06. The van der Waals surface area contributed by atoms with Crippen LogP contribution in [0.1, 0.15) is 0 Å². The summed E-state index contributed by atoms with van der Waals surface area (Å²) in [6.07, 6.45) is 1.65. The van der Waals surface area contributed by atoms with Crippen molar-refractivity contribution >= 4 is 33.5 Å². The van der Waals surface area contributed by atoms with Crippen LogP contribution in [-0.2, 0) is 0 Å². The summed E-state index contributed by atoms with van der Waals surface area (Å²) in [6.45, 7) is 0. The third-order valence-corrected chi connectivity index (χ3v) is 2.44. The van der Waals surface area contributed by atoms with E-state index in [9.17, 15) is 0 Å². The maximum atomic E-state index is 5.82. The molecule has 0 aliphatic heterocycles. The number of fused-ring (bicyclic) bond motifs is 3. The zero-order valence-corrected chi connectivity index (χ0v) is 7.95. The highest BCUT2D eigenvalue weighted by molar-refractivity contribution is 6.30. The van der Waals surface area contributed by atoms with Gasteiger partial charge in [-0.05, 0) is 12.1 Å². The van der Waals surface area contributed by atoms with Crippen molar-refractivity contribution in [2.75, 3.05) is 0 Å². The zero-order chi connectivity index (χ0) is 9.54. The van der Waals surface area contributed by atoms with Gasteiger partial charge in [-0.2, -0.15) is 0 Å². The Bertz CT molecular complexity index is 615. The van der Waals surface area contributed by atoms with Crippen LogP contribution in [0.5, 0.6) is 0 Å². The van der Waals surface area contributed by atoms with Gasteiger partial charge in [-0.15, -0.1) is 0 Å². The van der Waals surface area contributed by atoms with E-state index in [2.05, 4.69) is 4.98 Å². The van der Waals surface area contributed by atoms with Crippen molar-refractivity contribution in [2.24, 2.45) is 0 Å². The van der Waals surface area contributed by atoms with E-state index in [-0.39, 0.29) is 0 Å². The van der Waals surface area contributed by atoms with Crippen LogP contribution < -0.4 is 0 Å². The first-order chi connectivity index (χ1) is 6.84. The van der Waals surface area contributed by atoms with Crippen LogP contribution in [0.25, 0.3) is 21.9 Å². The molecule has 68 valence electrons. The second-order valence-corrected chi connectivity index (χ2v) is 3.49. The van der Waals surface area contributed by atoms with Crippen molar-refractivity contribution in [3.05, 3.63) is 41.7 Å². The van der Waals surface area contributed by atoms with E-state index in [1.807, 2.05) is 30.3 Å². The first-order valence-electron chi connectivity index (χ1n) is 4.27. The summed E-state index contributed by atoms with van der Waals surface area (Å²) in [5.41, 5.74) is 1.64. The number of hydrogen-bond donors (Lipinski definition) is 0. The molecule has 1 aromatic carbocycles. The van der Waals surface area contributed by atoms with Gasteiger partial charge in [-0.1, -0.05) is 29.8 Å². The number of aromatic nitrogens is 1. The van der Waals surface area contributed by atoms with E-state index >= 15 is 0 Å². The van der Waals surface area contributed by atoms with Gasteiger partial charge < -0.3 is 4.42 Å². The molecule has 0 amide bonds. The number of benzene rings is 1. The monoisotopic (exact) mass is 203 g/mol. The van der Waals surface area contributed by atoms with Crippen LogP contribution in [0.15, 0.2) is 40.9 Å². The first-order valence-corrected chi connectivity index (χ1v) is 4.65. The van der Waals surface area contributed by atoms with Gasteiger partial charge in [0.1, 0.15) is 10.7 Å². The molecule has 0 bridgehead atoms. The van der Waals surface area contributed by atoms with Crippen LogP contribution in [0, 0.1) is 0 Å². The smallest absolute Gasteiger partial charge is 0.153 e. The van der Waals surface area contributed by atoms with Gasteiger partial charge in [0.05, 0.1) is 6.20 Å². The number of furan rings is 1. The van der Waals surface area contributed by atoms with Crippen molar-refractivity contribution in [1.82, 2.24) is 4.98 Å². The number of hydrogen-bond acceptors (Lipinski definition) is 2. The molecule has 0 spiro atoms. The Morgan fingerprint density at radius 3 is 2.86 bits per heavy atom. The predicted molar refractivity (Wildman–Crippen MR) is 56.5 cm³/mol. The lowest BCUT2D eigenvalue weighted by atomic mass is 10.2. The van der Waals surface area contributed by atoms with Crippen molar-refractivity contribution in [3.8, 4) is 0 Å². The van der Waals surface area contributed by atoms with Gasteiger partial charge in [0.25, 0.3) is 0 Å². The highest BCUT2D eigenvalue weighted by Crippen LogP contribution is 2.28. The summed E-state index contributed by atoms with van der Waals surface area (Å²) < 4.78 is 5.59. The minimum absolute atomic E-state index is 0.490. The number of pyridine rings is 1. The average Bonchev–Trinajstić information content (AvgIpc) is 2.56. The molecule has 2 heterocycles. The van der Waals surface area contributed by atoms with Crippen molar-refractivity contribution in [2.45, 2.75) is 0 Å². The minimum atomic E-state index is 0.490. The molecule has 0 fully saturated rings. The Hall–Kier alpha value is -1.54. The van der Waals surface area contributed by atoms with E-state index in [0.29, 0.717) is 5.15 Å². The summed E-state index contributed by atoms with van der Waals surface area (Å²) in [5, 5.41) is 2.58. The molecule has 0 atom stereocenters. The van der Waals surface area contributed by atoms with Crippen LogP contribution in [-0.4, -0.2) is 4.98 Å². The largest absolute Gasteiger partial charge is 0.454 e. The normalized spacial score (nSPS) is 11.2. The Morgan fingerprint density at radius 1 is 1.07 bits per heavy atom. The summed E-state index contributed by atoms with van der Waals surface area (Å²) in [7, 11) is 0. The van der Waals surface area contributed by atoms with Gasteiger partial charge in [0.2, 0.25) is 0 Å². The van der Waals surface area contributed by atoms with Crippen molar-refractivity contribution < 1.29 is 4.42 Å². The zero-order valence-electron chi connectivity index (χ0n) is 7.20. The summed E-state index contributed by atoms with van der Waals surface area (Å²) in [6, 6.07) is 9.69. The molecular weight excluding hydrogens is 198 g/mol. The van der Waals surface area contributed by atoms with E-state index in [4.69, 9.17) is 16.0 Å². The Balaban J connectivity index is 2.58. The number of halogens is 1. The molecule has 0 aliphatic carbocycles. The molecule has 0 saturated carbocycles. The standard InChI is InChI=1S/C11H6ClNO/c12-11-5-8-7-3-1-2-4-9(7)14-10(8)6-13-11/h1-6H. The fourth-order valence-electron chi connectivity index (χ4n) is 1.61. The lowest BCUT2D eigenvalue weighted by molar-refractivity contribution is 0.667. The Labute approximate surface area is 85.1 Å². The third-order valence-electron chi connectivity index (χ3n) is 2.23. The number of rotatable bonds is 0. The molecule has 0 radical (unpaired) electrons. The molecule has 3 aromatic rings. The van der Waals surface area contributed by atoms with Gasteiger partial charge in [0, 0.05) is 10.8 Å². The fourth-order valence-corrected chi connectivity index (χ4v) is 1.76. The summed E-state index contributed by atoms with van der Waals surface area (Å²) in [5.74, 6) is 0. The predicted octanol–water partition coefficient (Wildman–Crippen LogP) is 3.63. The number of nitrogens with zero attached hydrogens (tertiary/aromatic N) is 1. The van der Waals surface area contributed by atoms with E-state index in [1.54, 1.807) is 6.20 Å². The fraction of sp³-hybridized carbons (Fsp3) is 0. The van der Waals surface area contributed by atoms with E-state index < -0.39 is 0 Å². The van der Waals surface area contributed by atoms with Crippen molar-refractivity contribution in [3.63, 3.8) is 0 Å². The molecule has 0 saturated heterocycles. The molecular formula is C11H6ClNO. The summed E-state index contributed by atoms with van der Waals surface area (Å²) in [4.78, 5) is 3.97. The second-order valence-electron chi connectivity index (χ2n) is 3.10. The van der Waals surface area contributed by atoms with Gasteiger partial charge in [-0.25, -0.2) is 4.98 Å². The molecule has 0 N–H and O–H groups in total. The van der Waals surface area contributed by atoms with Crippen molar-refractivity contribution in [1.29, 1.82) is 0 Å². The third kappa shape index (κ3) is 1.01. The molecule has 2 nitrogen and oxygen atoms in total. The van der Waals surface area contributed by atoms with Crippen LogP contribution in [0.2, 0.25) is 5.15 Å². The minimum Gasteiger partial charge on any atom is -0.454 e. The van der Waals surface area contributed by atoms with Gasteiger partial charge in [-0.3, -0.25) is 0 Å². The average molecular weight is 204 g/mol. The quantitative estimate of drug-likeness (QED) is 0.522. The molecule has 14 heavy (non-hydrogen) atoms. The van der Waals surface area contributed by atoms with Crippen LogP contribution in [0.4, 0.5) is 0 Å². The first kappa shape index (κ1) is 7.83. The Kier molecular flexibility index (Phi) is 1.52. The van der Waals surface area contributed by atoms with Crippen LogP contribution in [0.3, 0.4) is 0 Å². The molecule has 0 unspecified atom stereocenters. The van der Waals surface area contributed by atoms with Gasteiger partial charge in [0.15, 0.2) is 5.58 Å². The topological polar surface area (TPSA) is 26.0 Å². The molecule has 0 aliphatic rings. The molecule has 3 rings (SSSR count). The molecule has 3 heteroatoms. The maximum Gasteiger partial charge on any atom is 0.153 e. The maximum absolute atomic E-state index is 5.82. The second kappa shape index (κ2) is 2.72. The molecule has 2 aromatic heterocycles.